The Labute approximate surface area is 96.8 Å². The van der Waals surface area contributed by atoms with Crippen LogP contribution >= 0.6 is 0 Å². The number of nitrogens with zero attached hydrogens (tertiary/aromatic N) is 1. The fraction of sp³-hybridized carbons (Fsp3) is 0.500. The lowest BCUT2D eigenvalue weighted by molar-refractivity contribution is 0.0702. The lowest BCUT2D eigenvalue weighted by Crippen LogP contribution is -2.51. The highest BCUT2D eigenvalue weighted by molar-refractivity contribution is 5.92. The van der Waals surface area contributed by atoms with Gasteiger partial charge in [-0.2, -0.15) is 0 Å². The van der Waals surface area contributed by atoms with Crippen molar-refractivity contribution < 1.29 is 4.79 Å². The Morgan fingerprint density at radius 1 is 1.41 bits per heavy atom. The van der Waals surface area contributed by atoms with E-state index >= 15 is 0 Å². The summed E-state index contributed by atoms with van der Waals surface area (Å²) in [7, 11) is 0. The molecule has 0 saturated carbocycles. The molecule has 92 valence electrons. The van der Waals surface area contributed by atoms with Gasteiger partial charge in [0.25, 0.3) is 11.5 Å². The number of aromatic nitrogens is 2. The summed E-state index contributed by atoms with van der Waals surface area (Å²) in [6.07, 6.45) is 0. The van der Waals surface area contributed by atoms with E-state index in [0.29, 0.717) is 19.6 Å². The van der Waals surface area contributed by atoms with Crippen LogP contribution in [0.4, 0.5) is 0 Å². The first-order chi connectivity index (χ1) is 8.06. The van der Waals surface area contributed by atoms with E-state index < -0.39 is 11.2 Å². The molecule has 7 heteroatoms. The molecule has 0 aliphatic carbocycles. The maximum absolute atomic E-state index is 12.0. The molecule has 7 nitrogen and oxygen atoms in total. The molecule has 1 aromatic heterocycles. The molecule has 0 aromatic carbocycles. The highest BCUT2D eigenvalue weighted by atomic mass is 16.2. The lowest BCUT2D eigenvalue weighted by Gasteiger charge is -2.31. The maximum atomic E-state index is 12.0. The minimum Gasteiger partial charge on any atom is -0.335 e. The molecule has 1 aliphatic rings. The number of nitrogens with one attached hydrogen (secondary N) is 3. The van der Waals surface area contributed by atoms with Gasteiger partial charge in [0.1, 0.15) is 5.69 Å². The molecule has 1 aromatic rings. The van der Waals surface area contributed by atoms with Crippen molar-refractivity contribution in [2.75, 3.05) is 19.6 Å². The quantitative estimate of drug-likeness (QED) is 0.554. The SMILES string of the molecule is C[C@H]1CN(C(=O)c2cc(=O)[nH]c(=O)[nH]2)CCN1. The van der Waals surface area contributed by atoms with Crippen molar-refractivity contribution in [1.82, 2.24) is 20.2 Å². The summed E-state index contributed by atoms with van der Waals surface area (Å²) in [6.45, 7) is 3.81. The summed E-state index contributed by atoms with van der Waals surface area (Å²) < 4.78 is 0. The van der Waals surface area contributed by atoms with Crippen LogP contribution in [0, 0.1) is 0 Å². The molecule has 0 bridgehead atoms. The van der Waals surface area contributed by atoms with Crippen LogP contribution in [0.15, 0.2) is 15.7 Å². The van der Waals surface area contributed by atoms with Gasteiger partial charge in [-0.1, -0.05) is 0 Å². The van der Waals surface area contributed by atoms with E-state index in [-0.39, 0.29) is 17.6 Å². The standard InChI is InChI=1S/C10H14N4O3/c1-6-5-14(3-2-11-6)9(16)7-4-8(15)13-10(17)12-7/h4,6,11H,2-3,5H2,1H3,(H2,12,13,15,17)/t6-/m0/s1. The van der Waals surface area contributed by atoms with E-state index in [1.165, 1.54) is 0 Å². The topological polar surface area (TPSA) is 98.1 Å². The smallest absolute Gasteiger partial charge is 0.326 e. The van der Waals surface area contributed by atoms with Crippen LogP contribution in [0.25, 0.3) is 0 Å². The van der Waals surface area contributed by atoms with Crippen LogP contribution in [0.1, 0.15) is 17.4 Å². The van der Waals surface area contributed by atoms with Gasteiger partial charge in [0.05, 0.1) is 0 Å². The van der Waals surface area contributed by atoms with Gasteiger partial charge in [-0.25, -0.2) is 4.79 Å². The molecule has 1 atom stereocenters. The largest absolute Gasteiger partial charge is 0.335 e. The Hall–Kier alpha value is -1.89. The minimum atomic E-state index is -0.663. The molecule has 17 heavy (non-hydrogen) atoms. The molecule has 1 aliphatic heterocycles. The van der Waals surface area contributed by atoms with Crippen LogP contribution in [0.3, 0.4) is 0 Å². The number of hydrogen-bond acceptors (Lipinski definition) is 4. The first kappa shape index (κ1) is 11.6. The highest BCUT2D eigenvalue weighted by Crippen LogP contribution is 2.03. The monoisotopic (exact) mass is 238 g/mol. The Bertz CT molecular complexity index is 505. The number of aromatic amines is 2. The predicted octanol–water partition coefficient (Wildman–Crippen LogP) is -1.50. The second-order valence-electron chi connectivity index (χ2n) is 4.11. The highest BCUT2D eigenvalue weighted by Gasteiger charge is 2.22. The molecule has 0 unspecified atom stereocenters. The Morgan fingerprint density at radius 3 is 2.82 bits per heavy atom. The van der Waals surface area contributed by atoms with Crippen LogP contribution in [0.5, 0.6) is 0 Å². The fourth-order valence-electron chi connectivity index (χ4n) is 1.87. The number of carbonyl (C=O) groups is 1. The van der Waals surface area contributed by atoms with Gasteiger partial charge in [0.15, 0.2) is 0 Å². The third-order valence-corrected chi connectivity index (χ3v) is 2.65. The summed E-state index contributed by atoms with van der Waals surface area (Å²) in [6, 6.07) is 1.32. The summed E-state index contributed by atoms with van der Waals surface area (Å²) in [5.41, 5.74) is -1.20. The summed E-state index contributed by atoms with van der Waals surface area (Å²) >= 11 is 0. The van der Waals surface area contributed by atoms with Crippen molar-refractivity contribution >= 4 is 5.91 Å². The average molecular weight is 238 g/mol. The molecule has 1 saturated heterocycles. The van der Waals surface area contributed by atoms with Crippen molar-refractivity contribution in [3.05, 3.63) is 32.6 Å². The van der Waals surface area contributed by atoms with E-state index in [9.17, 15) is 14.4 Å². The van der Waals surface area contributed by atoms with Crippen LogP contribution in [0.2, 0.25) is 0 Å². The maximum Gasteiger partial charge on any atom is 0.326 e. The third-order valence-electron chi connectivity index (χ3n) is 2.65. The molecular weight excluding hydrogens is 224 g/mol. The number of hydrogen-bond donors (Lipinski definition) is 3. The van der Waals surface area contributed by atoms with E-state index in [1.807, 2.05) is 11.9 Å². The Morgan fingerprint density at radius 2 is 2.18 bits per heavy atom. The van der Waals surface area contributed by atoms with E-state index in [2.05, 4.69) is 10.3 Å². The summed E-state index contributed by atoms with van der Waals surface area (Å²) in [5, 5.41) is 3.21. The van der Waals surface area contributed by atoms with Gasteiger partial charge < -0.3 is 15.2 Å². The van der Waals surface area contributed by atoms with Crippen molar-refractivity contribution in [2.24, 2.45) is 0 Å². The number of H-pyrrole nitrogens is 2. The first-order valence-corrected chi connectivity index (χ1v) is 5.42. The number of carbonyl (C=O) groups excluding carboxylic acids is 1. The molecule has 2 heterocycles. The lowest BCUT2D eigenvalue weighted by atomic mass is 10.2. The minimum absolute atomic E-state index is 0.0350. The zero-order valence-electron chi connectivity index (χ0n) is 9.45. The molecule has 3 N–H and O–H groups in total. The van der Waals surface area contributed by atoms with Gasteiger partial charge in [-0.3, -0.25) is 14.6 Å². The van der Waals surface area contributed by atoms with Crippen molar-refractivity contribution in [3.63, 3.8) is 0 Å². The van der Waals surface area contributed by atoms with Gasteiger partial charge in [0.2, 0.25) is 0 Å². The van der Waals surface area contributed by atoms with Crippen molar-refractivity contribution in [2.45, 2.75) is 13.0 Å². The van der Waals surface area contributed by atoms with Crippen LogP contribution in [-0.4, -0.2) is 46.5 Å². The average Bonchev–Trinajstić information content (AvgIpc) is 2.26. The fourth-order valence-corrected chi connectivity index (χ4v) is 1.87. The molecule has 2 rings (SSSR count). The third kappa shape index (κ3) is 2.62. The van der Waals surface area contributed by atoms with Gasteiger partial charge in [-0.15, -0.1) is 0 Å². The van der Waals surface area contributed by atoms with Crippen LogP contribution < -0.4 is 16.6 Å². The Kier molecular flexibility index (Phi) is 3.10. The molecule has 0 radical (unpaired) electrons. The second kappa shape index (κ2) is 4.54. The van der Waals surface area contributed by atoms with Crippen molar-refractivity contribution in [1.29, 1.82) is 0 Å². The van der Waals surface area contributed by atoms with E-state index in [1.54, 1.807) is 4.90 Å². The zero-order valence-corrected chi connectivity index (χ0v) is 9.45. The Balaban J connectivity index is 2.24. The number of amides is 1. The van der Waals surface area contributed by atoms with Gasteiger partial charge in [-0.05, 0) is 6.92 Å². The summed E-state index contributed by atoms with van der Waals surface area (Å²) in [4.78, 5) is 40.2. The van der Waals surface area contributed by atoms with Crippen LogP contribution in [-0.2, 0) is 0 Å². The first-order valence-electron chi connectivity index (χ1n) is 5.42. The normalized spacial score (nSPS) is 20.3. The number of piperazine rings is 1. The van der Waals surface area contributed by atoms with Gasteiger partial charge in [0, 0.05) is 31.7 Å². The molecule has 1 fully saturated rings. The second-order valence-corrected chi connectivity index (χ2v) is 4.11. The van der Waals surface area contributed by atoms with E-state index in [4.69, 9.17) is 0 Å². The summed E-state index contributed by atoms with van der Waals surface area (Å²) in [5.74, 6) is -0.318. The molecule has 0 spiro atoms. The van der Waals surface area contributed by atoms with E-state index in [0.717, 1.165) is 6.07 Å². The molecular formula is C10H14N4O3. The van der Waals surface area contributed by atoms with Crippen molar-refractivity contribution in [3.8, 4) is 0 Å². The predicted molar refractivity (Wildman–Crippen MR) is 61.1 cm³/mol. The zero-order chi connectivity index (χ0) is 12.4. The van der Waals surface area contributed by atoms with Gasteiger partial charge >= 0.3 is 5.69 Å². The molecule has 1 amide bonds. The number of rotatable bonds is 1.